The third kappa shape index (κ3) is 4.69. The van der Waals surface area contributed by atoms with E-state index in [2.05, 4.69) is 10.1 Å². The molecule has 0 aromatic heterocycles. The third-order valence-corrected chi connectivity index (χ3v) is 3.23. The maximum Gasteiger partial charge on any atom is 0.326 e. The number of carbonyl (C=O) groups is 3. The number of esters is 1. The van der Waals surface area contributed by atoms with E-state index < -0.39 is 24.0 Å². The molecule has 2 N–H and O–H groups in total. The van der Waals surface area contributed by atoms with Crippen molar-refractivity contribution in [3.63, 3.8) is 0 Å². The van der Waals surface area contributed by atoms with Gasteiger partial charge in [-0.15, -0.1) is 0 Å². The summed E-state index contributed by atoms with van der Waals surface area (Å²) in [7, 11) is 2.80. The molecule has 0 aliphatic carbocycles. The number of urea groups is 1. The Bertz CT molecular complexity index is 373. The van der Waals surface area contributed by atoms with Crippen LogP contribution in [0.5, 0.6) is 0 Å². The normalized spacial score (nSPS) is 19.5. The monoisotopic (exact) mass is 288 g/mol. The fraction of sp³-hybridized carbons (Fsp3) is 0.750. The van der Waals surface area contributed by atoms with Gasteiger partial charge in [-0.05, 0) is 12.8 Å². The summed E-state index contributed by atoms with van der Waals surface area (Å²) in [6.45, 7) is 0.958. The summed E-state index contributed by atoms with van der Waals surface area (Å²) in [4.78, 5) is 35.5. The van der Waals surface area contributed by atoms with Gasteiger partial charge in [0.15, 0.2) is 0 Å². The summed E-state index contributed by atoms with van der Waals surface area (Å²) in [5.74, 6) is -1.68. The van der Waals surface area contributed by atoms with Gasteiger partial charge < -0.3 is 24.8 Å². The van der Waals surface area contributed by atoms with Crippen LogP contribution in [0.2, 0.25) is 0 Å². The number of hydrogen-bond acceptors (Lipinski definition) is 5. The second-order valence-electron chi connectivity index (χ2n) is 4.55. The molecule has 1 saturated heterocycles. The van der Waals surface area contributed by atoms with Gasteiger partial charge in [-0.3, -0.25) is 4.79 Å². The van der Waals surface area contributed by atoms with Gasteiger partial charge in [0, 0.05) is 26.6 Å². The number of likely N-dealkylation sites (tertiary alicyclic amines) is 1. The average Bonchev–Trinajstić information content (AvgIpc) is 2.91. The first-order chi connectivity index (χ1) is 9.47. The Balaban J connectivity index is 2.47. The van der Waals surface area contributed by atoms with Crippen LogP contribution in [0.1, 0.15) is 19.3 Å². The van der Waals surface area contributed by atoms with E-state index in [4.69, 9.17) is 9.84 Å². The number of aliphatic carboxylic acids is 1. The number of nitrogens with one attached hydrogen (secondary N) is 1. The van der Waals surface area contributed by atoms with E-state index >= 15 is 0 Å². The van der Waals surface area contributed by atoms with Crippen molar-refractivity contribution in [1.82, 2.24) is 10.2 Å². The van der Waals surface area contributed by atoms with Crippen molar-refractivity contribution < 1.29 is 29.0 Å². The molecule has 1 aliphatic heterocycles. The number of carboxylic acid groups (broad SMARTS) is 1. The van der Waals surface area contributed by atoms with E-state index in [1.54, 1.807) is 7.11 Å². The van der Waals surface area contributed by atoms with Gasteiger partial charge in [0.05, 0.1) is 13.2 Å². The third-order valence-electron chi connectivity index (χ3n) is 3.23. The summed E-state index contributed by atoms with van der Waals surface area (Å²) in [6.07, 6.45) is 0.646. The minimum absolute atomic E-state index is 0.00467. The Morgan fingerprint density at radius 3 is 2.60 bits per heavy atom. The molecule has 1 rings (SSSR count). The first kappa shape index (κ1) is 16.2. The molecule has 114 valence electrons. The Hall–Kier alpha value is -1.83. The van der Waals surface area contributed by atoms with Crippen LogP contribution in [0.15, 0.2) is 0 Å². The molecule has 0 spiro atoms. The van der Waals surface area contributed by atoms with Gasteiger partial charge in [-0.2, -0.15) is 0 Å². The minimum Gasteiger partial charge on any atom is -0.480 e. The van der Waals surface area contributed by atoms with Gasteiger partial charge in [0.1, 0.15) is 6.04 Å². The number of amides is 2. The second kappa shape index (κ2) is 7.68. The van der Waals surface area contributed by atoms with E-state index in [0.29, 0.717) is 13.1 Å². The van der Waals surface area contributed by atoms with Crippen LogP contribution in [-0.2, 0) is 19.1 Å². The van der Waals surface area contributed by atoms with E-state index in [1.165, 1.54) is 12.0 Å². The van der Waals surface area contributed by atoms with E-state index in [9.17, 15) is 14.4 Å². The maximum atomic E-state index is 11.9. The van der Waals surface area contributed by atoms with Crippen LogP contribution < -0.4 is 5.32 Å². The molecule has 0 bridgehead atoms. The minimum atomic E-state index is -1.18. The maximum absolute atomic E-state index is 11.9. The van der Waals surface area contributed by atoms with Crippen LogP contribution in [0.3, 0.4) is 0 Å². The van der Waals surface area contributed by atoms with Crippen molar-refractivity contribution in [3.8, 4) is 0 Å². The molecule has 1 fully saturated rings. The molecule has 1 aliphatic rings. The lowest BCUT2D eigenvalue weighted by Crippen LogP contribution is -2.47. The van der Waals surface area contributed by atoms with Gasteiger partial charge >= 0.3 is 18.0 Å². The Kier molecular flexibility index (Phi) is 6.23. The number of hydrogen-bond donors (Lipinski definition) is 2. The molecule has 8 nitrogen and oxygen atoms in total. The average molecular weight is 288 g/mol. The molecule has 8 heteroatoms. The zero-order chi connectivity index (χ0) is 15.1. The quantitative estimate of drug-likeness (QED) is 0.657. The van der Waals surface area contributed by atoms with E-state index in [0.717, 1.165) is 6.42 Å². The van der Waals surface area contributed by atoms with Crippen molar-refractivity contribution >= 4 is 18.0 Å². The number of ether oxygens (including phenoxy) is 2. The molecule has 2 amide bonds. The van der Waals surface area contributed by atoms with Crippen LogP contribution in [0.4, 0.5) is 4.79 Å². The highest BCUT2D eigenvalue weighted by atomic mass is 16.5. The van der Waals surface area contributed by atoms with Gasteiger partial charge in [0.2, 0.25) is 0 Å². The SMILES string of the molecule is COC(=O)CC[C@@H](NC(=O)N1CCC(OC)C1)C(=O)O. The Labute approximate surface area is 117 Å². The van der Waals surface area contributed by atoms with E-state index in [1.807, 2.05) is 0 Å². The topological polar surface area (TPSA) is 105 Å². The van der Waals surface area contributed by atoms with Crippen molar-refractivity contribution in [2.24, 2.45) is 0 Å². The molecule has 1 unspecified atom stereocenters. The first-order valence-corrected chi connectivity index (χ1v) is 6.35. The lowest BCUT2D eigenvalue weighted by molar-refractivity contribution is -0.142. The molecule has 0 radical (unpaired) electrons. The summed E-state index contributed by atoms with van der Waals surface area (Å²) in [6, 6.07) is -1.56. The molecule has 20 heavy (non-hydrogen) atoms. The number of carboxylic acids is 1. The van der Waals surface area contributed by atoms with Crippen LogP contribution in [0.25, 0.3) is 0 Å². The first-order valence-electron chi connectivity index (χ1n) is 6.35. The van der Waals surface area contributed by atoms with Crippen molar-refractivity contribution in [2.45, 2.75) is 31.4 Å². The van der Waals surface area contributed by atoms with Crippen molar-refractivity contribution in [2.75, 3.05) is 27.3 Å². The summed E-state index contributed by atoms with van der Waals surface area (Å²) < 4.78 is 9.58. The lowest BCUT2D eigenvalue weighted by Gasteiger charge is -2.20. The highest BCUT2D eigenvalue weighted by Gasteiger charge is 2.29. The smallest absolute Gasteiger partial charge is 0.326 e. The molecular formula is C12H20N2O6. The molecule has 0 aromatic rings. The van der Waals surface area contributed by atoms with Gasteiger partial charge in [-0.1, -0.05) is 0 Å². The summed E-state index contributed by atoms with van der Waals surface area (Å²) >= 11 is 0. The zero-order valence-corrected chi connectivity index (χ0v) is 11.6. The summed E-state index contributed by atoms with van der Waals surface area (Å²) in [5.41, 5.74) is 0. The van der Waals surface area contributed by atoms with Crippen LogP contribution in [0, 0.1) is 0 Å². The Morgan fingerprint density at radius 2 is 2.10 bits per heavy atom. The molecule has 2 atom stereocenters. The number of rotatable bonds is 6. The lowest BCUT2D eigenvalue weighted by atomic mass is 10.1. The van der Waals surface area contributed by atoms with Gasteiger partial charge in [0.25, 0.3) is 0 Å². The summed E-state index contributed by atoms with van der Waals surface area (Å²) in [5, 5.41) is 11.4. The standard InChI is InChI=1S/C12H20N2O6/c1-19-8-5-6-14(7-8)12(18)13-9(11(16)17)3-4-10(15)20-2/h8-9H,3-7H2,1-2H3,(H,13,18)(H,16,17)/t8?,9-/m1/s1. The molecular weight excluding hydrogens is 268 g/mol. The highest BCUT2D eigenvalue weighted by Crippen LogP contribution is 2.12. The van der Waals surface area contributed by atoms with E-state index in [-0.39, 0.29) is 18.9 Å². The highest BCUT2D eigenvalue weighted by molar-refractivity contribution is 5.83. The second-order valence-corrected chi connectivity index (χ2v) is 4.55. The predicted octanol–water partition coefficient (Wildman–Crippen LogP) is -0.177. The van der Waals surface area contributed by atoms with Crippen LogP contribution in [-0.4, -0.2) is 67.4 Å². The number of methoxy groups -OCH3 is 2. The largest absolute Gasteiger partial charge is 0.480 e. The van der Waals surface area contributed by atoms with Gasteiger partial charge in [-0.25, -0.2) is 9.59 Å². The van der Waals surface area contributed by atoms with Crippen molar-refractivity contribution in [3.05, 3.63) is 0 Å². The molecule has 0 saturated carbocycles. The predicted molar refractivity (Wildman–Crippen MR) is 68.2 cm³/mol. The van der Waals surface area contributed by atoms with Crippen molar-refractivity contribution in [1.29, 1.82) is 0 Å². The zero-order valence-electron chi connectivity index (χ0n) is 11.6. The van der Waals surface area contributed by atoms with Crippen LogP contribution >= 0.6 is 0 Å². The molecule has 0 aromatic carbocycles. The fourth-order valence-electron chi connectivity index (χ4n) is 1.97. The number of carbonyl (C=O) groups excluding carboxylic acids is 2. The molecule has 1 heterocycles. The Morgan fingerprint density at radius 1 is 1.40 bits per heavy atom. The number of nitrogens with zero attached hydrogens (tertiary/aromatic N) is 1. The fourth-order valence-corrected chi connectivity index (χ4v) is 1.97.